The van der Waals surface area contributed by atoms with Gasteiger partial charge in [-0.05, 0) is 59.2 Å². The Morgan fingerprint density at radius 3 is 1.91 bits per heavy atom. The molecule has 2 N–H and O–H groups in total. The molecule has 0 aliphatic carbocycles. The van der Waals surface area contributed by atoms with E-state index in [4.69, 9.17) is 18.9 Å². The average molecular weight is 462 g/mol. The van der Waals surface area contributed by atoms with Gasteiger partial charge in [-0.1, -0.05) is 30.4 Å². The highest BCUT2D eigenvalue weighted by Crippen LogP contribution is 2.38. The number of hydrogen-bond acceptors (Lipinski definition) is 6. The summed E-state index contributed by atoms with van der Waals surface area (Å²) in [5, 5.41) is 13.0. The van der Waals surface area contributed by atoms with E-state index >= 15 is 0 Å². The first-order chi connectivity index (χ1) is 16.5. The third kappa shape index (κ3) is 6.10. The van der Waals surface area contributed by atoms with Gasteiger partial charge in [-0.25, -0.2) is 0 Å². The number of anilines is 1. The summed E-state index contributed by atoms with van der Waals surface area (Å²) in [6, 6.07) is 16.0. The minimum Gasteiger partial charge on any atom is -0.506 e. The summed E-state index contributed by atoms with van der Waals surface area (Å²) in [5.41, 5.74) is 2.75. The van der Waals surface area contributed by atoms with Crippen LogP contribution >= 0.6 is 0 Å². The van der Waals surface area contributed by atoms with Crippen LogP contribution in [0.2, 0.25) is 0 Å². The van der Waals surface area contributed by atoms with Crippen molar-refractivity contribution >= 4 is 29.8 Å². The normalized spacial score (nSPS) is 10.9. The van der Waals surface area contributed by atoms with E-state index in [1.54, 1.807) is 52.7 Å². The zero-order valence-electron chi connectivity index (χ0n) is 19.5. The lowest BCUT2D eigenvalue weighted by Crippen LogP contribution is -2.07. The molecule has 3 aromatic rings. The van der Waals surface area contributed by atoms with Crippen LogP contribution in [0.5, 0.6) is 28.7 Å². The molecular formula is C27H27NO6. The standard InChI is InChI=1S/C27H27NO6/c1-31-21-11-7-18(8-12-21)10-14-26(30)28-22-13-9-19(15-23(22)29)5-6-20-16-24(32-2)27(34-4)25(17-20)33-3/h5-17,29H,1-4H3,(H,28,30)/b6-5?,14-10+. The molecule has 0 fully saturated rings. The van der Waals surface area contributed by atoms with Crippen LogP contribution in [-0.2, 0) is 4.79 Å². The molecule has 7 heteroatoms. The van der Waals surface area contributed by atoms with Crippen molar-refractivity contribution in [3.05, 3.63) is 77.4 Å². The summed E-state index contributed by atoms with van der Waals surface area (Å²) in [5.74, 6) is 1.95. The van der Waals surface area contributed by atoms with Crippen LogP contribution < -0.4 is 24.3 Å². The van der Waals surface area contributed by atoms with Crippen molar-refractivity contribution in [1.29, 1.82) is 0 Å². The summed E-state index contributed by atoms with van der Waals surface area (Å²) < 4.78 is 21.2. The first-order valence-corrected chi connectivity index (χ1v) is 10.4. The van der Waals surface area contributed by atoms with Crippen LogP contribution in [0.25, 0.3) is 18.2 Å². The number of phenolic OH excluding ortho intramolecular Hbond substituents is 1. The zero-order valence-corrected chi connectivity index (χ0v) is 19.5. The van der Waals surface area contributed by atoms with Crippen LogP contribution in [0.4, 0.5) is 5.69 Å². The molecule has 0 aliphatic heterocycles. The predicted molar refractivity (Wildman–Crippen MR) is 134 cm³/mol. The minimum absolute atomic E-state index is 0.0433. The van der Waals surface area contributed by atoms with Gasteiger partial charge in [0.25, 0.3) is 0 Å². The summed E-state index contributed by atoms with van der Waals surface area (Å²) in [6.45, 7) is 0. The zero-order chi connectivity index (χ0) is 24.5. The summed E-state index contributed by atoms with van der Waals surface area (Å²) in [7, 11) is 6.26. The summed E-state index contributed by atoms with van der Waals surface area (Å²) in [6.07, 6.45) is 6.77. The second kappa shape index (κ2) is 11.5. The van der Waals surface area contributed by atoms with Gasteiger partial charge in [0.05, 0.1) is 34.1 Å². The molecule has 7 nitrogen and oxygen atoms in total. The van der Waals surface area contributed by atoms with Crippen LogP contribution in [0, 0.1) is 0 Å². The van der Waals surface area contributed by atoms with E-state index in [2.05, 4.69) is 5.32 Å². The van der Waals surface area contributed by atoms with Gasteiger partial charge in [0.1, 0.15) is 11.5 Å². The highest BCUT2D eigenvalue weighted by molar-refractivity contribution is 6.02. The van der Waals surface area contributed by atoms with E-state index in [0.29, 0.717) is 22.9 Å². The molecule has 0 unspecified atom stereocenters. The first kappa shape index (κ1) is 24.3. The van der Waals surface area contributed by atoms with Gasteiger partial charge in [0.15, 0.2) is 11.5 Å². The molecule has 0 aromatic heterocycles. The molecule has 0 radical (unpaired) electrons. The Labute approximate surface area is 198 Å². The van der Waals surface area contributed by atoms with Gasteiger partial charge < -0.3 is 29.4 Å². The van der Waals surface area contributed by atoms with Gasteiger partial charge in [0, 0.05) is 6.08 Å². The Kier molecular flexibility index (Phi) is 8.18. The van der Waals surface area contributed by atoms with E-state index in [-0.39, 0.29) is 11.7 Å². The summed E-state index contributed by atoms with van der Waals surface area (Å²) >= 11 is 0. The Hall–Kier alpha value is -4.39. The van der Waals surface area contributed by atoms with Gasteiger partial charge in [-0.3, -0.25) is 4.79 Å². The van der Waals surface area contributed by atoms with E-state index < -0.39 is 0 Å². The Morgan fingerprint density at radius 2 is 1.35 bits per heavy atom. The Balaban J connectivity index is 1.69. The Bertz CT molecular complexity index is 1170. The van der Waals surface area contributed by atoms with Crippen molar-refractivity contribution in [3.8, 4) is 28.7 Å². The number of carbonyl (C=O) groups is 1. The van der Waals surface area contributed by atoms with E-state index in [1.807, 2.05) is 48.6 Å². The predicted octanol–water partition coefficient (Wildman–Crippen LogP) is 5.25. The fourth-order valence-electron chi connectivity index (χ4n) is 3.21. The fraction of sp³-hybridized carbons (Fsp3) is 0.148. The maximum absolute atomic E-state index is 12.2. The topological polar surface area (TPSA) is 86.3 Å². The van der Waals surface area contributed by atoms with E-state index in [1.165, 1.54) is 6.08 Å². The molecule has 0 aliphatic rings. The van der Waals surface area contributed by atoms with Crippen LogP contribution in [0.1, 0.15) is 16.7 Å². The van der Waals surface area contributed by atoms with Crippen molar-refractivity contribution in [2.24, 2.45) is 0 Å². The number of amides is 1. The lowest BCUT2D eigenvalue weighted by atomic mass is 10.1. The third-order valence-electron chi connectivity index (χ3n) is 4.98. The third-order valence-corrected chi connectivity index (χ3v) is 4.98. The minimum atomic E-state index is -0.355. The molecule has 176 valence electrons. The largest absolute Gasteiger partial charge is 0.506 e. The molecule has 1 amide bonds. The van der Waals surface area contributed by atoms with Crippen molar-refractivity contribution in [1.82, 2.24) is 0 Å². The number of nitrogens with one attached hydrogen (secondary N) is 1. The molecule has 34 heavy (non-hydrogen) atoms. The van der Waals surface area contributed by atoms with E-state index in [0.717, 1.165) is 22.4 Å². The maximum atomic E-state index is 12.2. The monoisotopic (exact) mass is 461 g/mol. The molecule has 3 aromatic carbocycles. The van der Waals surface area contributed by atoms with Crippen molar-refractivity contribution < 1.29 is 28.8 Å². The van der Waals surface area contributed by atoms with Crippen molar-refractivity contribution in [2.75, 3.05) is 33.8 Å². The number of carbonyl (C=O) groups excluding carboxylic acids is 1. The van der Waals surface area contributed by atoms with Crippen LogP contribution in [0.15, 0.2) is 60.7 Å². The highest BCUT2D eigenvalue weighted by Gasteiger charge is 2.12. The van der Waals surface area contributed by atoms with Crippen LogP contribution in [0.3, 0.4) is 0 Å². The number of methoxy groups -OCH3 is 4. The van der Waals surface area contributed by atoms with Crippen molar-refractivity contribution in [3.63, 3.8) is 0 Å². The molecule has 0 bridgehead atoms. The second-order valence-electron chi connectivity index (χ2n) is 7.16. The molecule has 0 saturated carbocycles. The number of benzene rings is 3. The van der Waals surface area contributed by atoms with Gasteiger partial charge in [-0.15, -0.1) is 0 Å². The quantitative estimate of drug-likeness (QED) is 0.257. The molecular weight excluding hydrogens is 434 g/mol. The number of hydrogen-bond donors (Lipinski definition) is 2. The SMILES string of the molecule is COc1ccc(/C=C/C(=O)Nc2ccc(C=Cc3cc(OC)c(OC)c(OC)c3)cc2O)cc1. The molecule has 0 spiro atoms. The van der Waals surface area contributed by atoms with E-state index in [9.17, 15) is 9.90 Å². The van der Waals surface area contributed by atoms with Crippen molar-refractivity contribution in [2.45, 2.75) is 0 Å². The number of phenols is 1. The van der Waals surface area contributed by atoms with Crippen LogP contribution in [-0.4, -0.2) is 39.5 Å². The molecule has 0 atom stereocenters. The number of ether oxygens (including phenoxy) is 4. The molecule has 3 rings (SSSR count). The first-order valence-electron chi connectivity index (χ1n) is 10.4. The molecule has 0 heterocycles. The lowest BCUT2D eigenvalue weighted by Gasteiger charge is -2.12. The maximum Gasteiger partial charge on any atom is 0.248 e. The van der Waals surface area contributed by atoms with Gasteiger partial charge in [-0.2, -0.15) is 0 Å². The molecule has 0 saturated heterocycles. The summed E-state index contributed by atoms with van der Waals surface area (Å²) in [4.78, 5) is 12.2. The number of aromatic hydroxyl groups is 1. The average Bonchev–Trinajstić information content (AvgIpc) is 2.87. The van der Waals surface area contributed by atoms with Gasteiger partial charge >= 0.3 is 0 Å². The smallest absolute Gasteiger partial charge is 0.248 e. The lowest BCUT2D eigenvalue weighted by molar-refractivity contribution is -0.111. The fourth-order valence-corrected chi connectivity index (χ4v) is 3.21. The number of rotatable bonds is 9. The highest BCUT2D eigenvalue weighted by atomic mass is 16.5. The Morgan fingerprint density at radius 1 is 0.735 bits per heavy atom. The van der Waals surface area contributed by atoms with Gasteiger partial charge in [0.2, 0.25) is 11.7 Å². The second-order valence-corrected chi connectivity index (χ2v) is 7.16.